The highest BCUT2D eigenvalue weighted by atomic mass is 35.5. The van der Waals surface area contributed by atoms with E-state index in [0.29, 0.717) is 11.3 Å². The molecule has 0 saturated heterocycles. The summed E-state index contributed by atoms with van der Waals surface area (Å²) in [6.07, 6.45) is 0. The van der Waals surface area contributed by atoms with Crippen molar-refractivity contribution in [1.29, 1.82) is 0 Å². The van der Waals surface area contributed by atoms with Crippen molar-refractivity contribution in [2.75, 3.05) is 5.73 Å². The lowest BCUT2D eigenvalue weighted by Gasteiger charge is -2.08. The van der Waals surface area contributed by atoms with Crippen LogP contribution in [0.2, 0.25) is 5.02 Å². The molecule has 2 aromatic carbocycles. The monoisotopic (exact) mass is 239 g/mol. The molecule has 0 heterocycles. The molecule has 0 radical (unpaired) electrons. The lowest BCUT2D eigenvalue weighted by atomic mass is 10.0. The highest BCUT2D eigenvalue weighted by molar-refractivity contribution is 6.35. The maximum absolute atomic E-state index is 13.5. The quantitative estimate of drug-likeness (QED) is 0.751. The molecule has 0 saturated carbocycles. The zero-order valence-electron chi connectivity index (χ0n) is 8.18. The fourth-order valence-electron chi connectivity index (χ4n) is 1.47. The van der Waals surface area contributed by atoms with Crippen molar-refractivity contribution >= 4 is 17.3 Å². The van der Waals surface area contributed by atoms with Crippen LogP contribution in [0.5, 0.6) is 0 Å². The first-order valence-electron chi connectivity index (χ1n) is 4.59. The van der Waals surface area contributed by atoms with Crippen LogP contribution in [0.15, 0.2) is 36.4 Å². The van der Waals surface area contributed by atoms with Crippen LogP contribution in [-0.2, 0) is 0 Å². The van der Waals surface area contributed by atoms with Crippen molar-refractivity contribution in [2.24, 2.45) is 0 Å². The summed E-state index contributed by atoms with van der Waals surface area (Å²) in [5.74, 6) is -1.83. The molecular formula is C12H8ClF2N. The number of hydrogen-bond acceptors (Lipinski definition) is 1. The van der Waals surface area contributed by atoms with Gasteiger partial charge in [-0.1, -0.05) is 35.9 Å². The lowest BCUT2D eigenvalue weighted by molar-refractivity contribution is 0.511. The normalized spacial score (nSPS) is 10.4. The second-order valence-corrected chi connectivity index (χ2v) is 3.69. The van der Waals surface area contributed by atoms with Crippen LogP contribution in [0.25, 0.3) is 11.1 Å². The molecule has 0 aliphatic heterocycles. The molecule has 0 bridgehead atoms. The molecule has 4 heteroatoms. The minimum Gasteiger partial charge on any atom is -0.398 e. The molecule has 0 aliphatic rings. The predicted molar refractivity (Wildman–Crippen MR) is 61.2 cm³/mol. The molecule has 82 valence electrons. The van der Waals surface area contributed by atoms with E-state index in [1.807, 2.05) is 0 Å². The first kappa shape index (κ1) is 10.9. The van der Waals surface area contributed by atoms with Gasteiger partial charge in [-0.25, -0.2) is 8.78 Å². The topological polar surface area (TPSA) is 26.0 Å². The molecule has 0 unspecified atom stereocenters. The first-order valence-corrected chi connectivity index (χ1v) is 4.97. The van der Waals surface area contributed by atoms with Crippen molar-refractivity contribution in [2.45, 2.75) is 0 Å². The average Bonchev–Trinajstić information content (AvgIpc) is 2.27. The molecule has 2 rings (SSSR count). The summed E-state index contributed by atoms with van der Waals surface area (Å²) in [6.45, 7) is 0. The van der Waals surface area contributed by atoms with Gasteiger partial charge in [-0.05, 0) is 12.1 Å². The molecule has 0 aromatic heterocycles. The van der Waals surface area contributed by atoms with E-state index in [-0.39, 0.29) is 10.6 Å². The molecule has 2 aromatic rings. The van der Waals surface area contributed by atoms with E-state index >= 15 is 0 Å². The Morgan fingerprint density at radius 2 is 1.56 bits per heavy atom. The highest BCUT2D eigenvalue weighted by Gasteiger charge is 2.13. The molecule has 0 spiro atoms. The Morgan fingerprint density at radius 1 is 0.938 bits per heavy atom. The maximum atomic E-state index is 13.5. The zero-order valence-corrected chi connectivity index (χ0v) is 8.93. The van der Waals surface area contributed by atoms with Gasteiger partial charge in [0.25, 0.3) is 0 Å². The van der Waals surface area contributed by atoms with Crippen LogP contribution < -0.4 is 5.73 Å². The number of halogens is 3. The van der Waals surface area contributed by atoms with E-state index in [4.69, 9.17) is 17.3 Å². The van der Waals surface area contributed by atoms with Crippen molar-refractivity contribution in [1.82, 2.24) is 0 Å². The van der Waals surface area contributed by atoms with Crippen LogP contribution in [0.4, 0.5) is 14.5 Å². The number of nitrogens with two attached hydrogens (primary N) is 1. The van der Waals surface area contributed by atoms with Gasteiger partial charge in [-0.15, -0.1) is 0 Å². The number of nitrogen functional groups attached to an aromatic ring is 1. The standard InChI is InChI=1S/C12H8ClF2N/c13-11-7(3-2-6-10(11)16)8-4-1-5-9(14)12(8)15/h1-6H,16H2. The van der Waals surface area contributed by atoms with E-state index in [1.54, 1.807) is 18.2 Å². The minimum atomic E-state index is -0.921. The summed E-state index contributed by atoms with van der Waals surface area (Å²) in [6, 6.07) is 8.77. The molecule has 16 heavy (non-hydrogen) atoms. The number of anilines is 1. The van der Waals surface area contributed by atoms with Gasteiger partial charge in [-0.3, -0.25) is 0 Å². The molecule has 2 N–H and O–H groups in total. The summed E-state index contributed by atoms with van der Waals surface area (Å²) in [7, 11) is 0. The summed E-state index contributed by atoms with van der Waals surface area (Å²) in [5.41, 5.74) is 6.43. The number of benzene rings is 2. The fourth-order valence-corrected chi connectivity index (χ4v) is 1.70. The maximum Gasteiger partial charge on any atom is 0.166 e. The molecule has 0 amide bonds. The Kier molecular flexibility index (Phi) is 2.79. The second kappa shape index (κ2) is 4.10. The van der Waals surface area contributed by atoms with Gasteiger partial charge in [0.2, 0.25) is 0 Å². The molecular weight excluding hydrogens is 232 g/mol. The van der Waals surface area contributed by atoms with Gasteiger partial charge in [0.1, 0.15) is 0 Å². The number of hydrogen-bond donors (Lipinski definition) is 1. The van der Waals surface area contributed by atoms with E-state index in [9.17, 15) is 8.78 Å². The van der Waals surface area contributed by atoms with Crippen LogP contribution in [0, 0.1) is 11.6 Å². The minimum absolute atomic E-state index is 0.109. The van der Waals surface area contributed by atoms with E-state index < -0.39 is 11.6 Å². The highest BCUT2D eigenvalue weighted by Crippen LogP contribution is 2.34. The third-order valence-electron chi connectivity index (χ3n) is 2.27. The van der Waals surface area contributed by atoms with Gasteiger partial charge in [-0.2, -0.15) is 0 Å². The van der Waals surface area contributed by atoms with Crippen molar-refractivity contribution in [3.8, 4) is 11.1 Å². The van der Waals surface area contributed by atoms with E-state index in [1.165, 1.54) is 12.1 Å². The zero-order chi connectivity index (χ0) is 11.7. The smallest absolute Gasteiger partial charge is 0.166 e. The van der Waals surface area contributed by atoms with Gasteiger partial charge in [0.15, 0.2) is 11.6 Å². The lowest BCUT2D eigenvalue weighted by Crippen LogP contribution is -1.92. The fraction of sp³-hybridized carbons (Fsp3) is 0. The van der Waals surface area contributed by atoms with Crippen LogP contribution in [0.3, 0.4) is 0 Å². The van der Waals surface area contributed by atoms with Crippen molar-refractivity contribution in [3.05, 3.63) is 53.1 Å². The SMILES string of the molecule is Nc1cccc(-c2cccc(F)c2F)c1Cl. The van der Waals surface area contributed by atoms with Crippen LogP contribution in [-0.4, -0.2) is 0 Å². The predicted octanol–water partition coefficient (Wildman–Crippen LogP) is 3.87. The summed E-state index contributed by atoms with van der Waals surface area (Å²) < 4.78 is 26.6. The van der Waals surface area contributed by atoms with Gasteiger partial charge >= 0.3 is 0 Å². The van der Waals surface area contributed by atoms with Gasteiger partial charge in [0.05, 0.1) is 10.7 Å². The third kappa shape index (κ3) is 1.74. The summed E-state index contributed by atoms with van der Waals surface area (Å²) in [5, 5.41) is 0.229. The molecule has 0 fully saturated rings. The second-order valence-electron chi connectivity index (χ2n) is 3.31. The third-order valence-corrected chi connectivity index (χ3v) is 2.69. The van der Waals surface area contributed by atoms with E-state index in [2.05, 4.69) is 0 Å². The first-order chi connectivity index (χ1) is 7.61. The Labute approximate surface area is 96.5 Å². The van der Waals surface area contributed by atoms with Gasteiger partial charge in [0, 0.05) is 11.1 Å². The van der Waals surface area contributed by atoms with Crippen molar-refractivity contribution < 1.29 is 8.78 Å². The van der Waals surface area contributed by atoms with Crippen LogP contribution >= 0.6 is 11.6 Å². The average molecular weight is 240 g/mol. The Morgan fingerprint density at radius 3 is 2.31 bits per heavy atom. The van der Waals surface area contributed by atoms with Crippen molar-refractivity contribution in [3.63, 3.8) is 0 Å². The number of rotatable bonds is 1. The Balaban J connectivity index is 2.68. The Bertz CT molecular complexity index is 491. The van der Waals surface area contributed by atoms with Gasteiger partial charge < -0.3 is 5.73 Å². The Hall–Kier alpha value is -1.61. The summed E-state index contributed by atoms with van der Waals surface area (Å²) >= 11 is 5.94. The molecule has 0 atom stereocenters. The molecule has 1 nitrogen and oxygen atoms in total. The largest absolute Gasteiger partial charge is 0.398 e. The molecule has 0 aliphatic carbocycles. The van der Waals surface area contributed by atoms with Crippen LogP contribution in [0.1, 0.15) is 0 Å². The van der Waals surface area contributed by atoms with E-state index in [0.717, 1.165) is 6.07 Å². The summed E-state index contributed by atoms with van der Waals surface area (Å²) in [4.78, 5) is 0.